The molecule has 1 N–H and O–H groups in total. The molecule has 0 aromatic heterocycles. The Morgan fingerprint density at radius 2 is 2.06 bits per heavy atom. The van der Waals surface area contributed by atoms with E-state index in [2.05, 4.69) is 13.8 Å². The van der Waals surface area contributed by atoms with E-state index in [1.54, 1.807) is 0 Å². The Balaban J connectivity index is 0.00000225. The quantitative estimate of drug-likeness (QED) is 0.492. The van der Waals surface area contributed by atoms with Gasteiger partial charge in [-0.3, -0.25) is 0 Å². The van der Waals surface area contributed by atoms with Gasteiger partial charge in [0, 0.05) is 0 Å². The van der Waals surface area contributed by atoms with Gasteiger partial charge in [0.25, 0.3) is 0 Å². The molecule has 6 heteroatoms. The molecule has 1 aliphatic rings. The van der Waals surface area contributed by atoms with E-state index in [-0.39, 0.29) is 48.3 Å². The first-order valence-electron chi connectivity index (χ1n) is 5.42. The largest absolute Gasteiger partial charge is 1.00 e. The van der Waals surface area contributed by atoms with E-state index in [1.807, 2.05) is 0 Å². The molecular weight excluding hydrogens is 239 g/mol. The maximum absolute atomic E-state index is 10.9. The number of hydrogen-bond donors (Lipinski definition) is 1. The Bertz CT molecular complexity index is 315. The summed E-state index contributed by atoms with van der Waals surface area (Å²) in [6.07, 6.45) is 2.60. The maximum atomic E-state index is 10.9. The summed E-state index contributed by atoms with van der Waals surface area (Å²) in [5.74, 6) is 0.624. The molecule has 0 heterocycles. The van der Waals surface area contributed by atoms with Gasteiger partial charge in [0.15, 0.2) is 4.93 Å². The van der Waals surface area contributed by atoms with Crippen LogP contribution in [0, 0.1) is 11.8 Å². The van der Waals surface area contributed by atoms with E-state index in [0.717, 1.165) is 12.8 Å². The van der Waals surface area contributed by atoms with E-state index in [9.17, 15) is 18.1 Å². The van der Waals surface area contributed by atoms with Crippen molar-refractivity contribution in [1.82, 2.24) is 0 Å². The topological polar surface area (TPSA) is 77.4 Å². The molecule has 2 unspecified atom stereocenters. The average Bonchev–Trinajstić information content (AvgIpc) is 2.00. The van der Waals surface area contributed by atoms with Crippen molar-refractivity contribution in [1.29, 1.82) is 0 Å². The minimum atomic E-state index is -4.59. The van der Waals surface area contributed by atoms with Crippen molar-refractivity contribution in [2.45, 2.75) is 50.9 Å². The Morgan fingerprint density at radius 1 is 1.50 bits per heavy atom. The monoisotopic (exact) mass is 258 g/mol. The molecule has 1 fully saturated rings. The van der Waals surface area contributed by atoms with Crippen LogP contribution in [0.25, 0.3) is 0 Å². The van der Waals surface area contributed by atoms with Crippen LogP contribution in [0.5, 0.6) is 0 Å². The number of rotatable bonds is 3. The average molecular weight is 258 g/mol. The second kappa shape index (κ2) is 6.16. The van der Waals surface area contributed by atoms with E-state index in [4.69, 9.17) is 0 Å². The second-order valence-corrected chi connectivity index (χ2v) is 6.66. The molecule has 0 aliphatic heterocycles. The maximum Gasteiger partial charge on any atom is 1.00 e. The predicted molar refractivity (Wildman–Crippen MR) is 56.1 cm³/mol. The Morgan fingerprint density at radius 3 is 2.50 bits per heavy atom. The van der Waals surface area contributed by atoms with Crippen LogP contribution in [-0.4, -0.2) is 23.0 Å². The third-order valence-corrected chi connectivity index (χ3v) is 4.36. The fourth-order valence-electron chi connectivity index (χ4n) is 2.42. The van der Waals surface area contributed by atoms with Crippen LogP contribution in [0.1, 0.15) is 46.0 Å². The molecular formula is C10H19NaO4S. The van der Waals surface area contributed by atoms with Gasteiger partial charge in [-0.2, -0.15) is 0 Å². The van der Waals surface area contributed by atoms with Crippen molar-refractivity contribution < 1.29 is 47.6 Å². The molecule has 2 atom stereocenters. The second-order valence-electron chi connectivity index (χ2n) is 4.99. The van der Waals surface area contributed by atoms with Crippen LogP contribution in [0.3, 0.4) is 0 Å². The van der Waals surface area contributed by atoms with Gasteiger partial charge < -0.3 is 9.66 Å². The van der Waals surface area contributed by atoms with Crippen LogP contribution < -0.4 is 29.6 Å². The zero-order valence-electron chi connectivity index (χ0n) is 10.3. The van der Waals surface area contributed by atoms with Crippen molar-refractivity contribution in [2.75, 3.05) is 0 Å². The summed E-state index contributed by atoms with van der Waals surface area (Å²) < 4.78 is 32.8. The van der Waals surface area contributed by atoms with Crippen molar-refractivity contribution in [3.05, 3.63) is 0 Å². The Labute approximate surface area is 120 Å². The van der Waals surface area contributed by atoms with E-state index in [1.165, 1.54) is 0 Å². The Hall–Kier alpha value is 0.870. The summed E-state index contributed by atoms with van der Waals surface area (Å²) in [7, 11) is -4.59. The minimum absolute atomic E-state index is 0. The molecule has 1 saturated carbocycles. The summed E-state index contributed by atoms with van der Waals surface area (Å²) in [4.78, 5) is -2.01. The molecule has 0 spiro atoms. The van der Waals surface area contributed by atoms with Crippen LogP contribution in [-0.2, 0) is 10.1 Å². The van der Waals surface area contributed by atoms with Crippen LogP contribution in [0.2, 0.25) is 0 Å². The molecule has 0 saturated heterocycles. The molecule has 1 aliphatic carbocycles. The van der Waals surface area contributed by atoms with Gasteiger partial charge in [-0.05, 0) is 37.5 Å². The fraction of sp³-hybridized carbons (Fsp3) is 1.00. The predicted octanol–water partition coefficient (Wildman–Crippen LogP) is -1.54. The SMILES string of the molecule is CC(C)CC1CCCC(O)(S(=O)(=O)[O-])C1.[Na+]. The van der Waals surface area contributed by atoms with Gasteiger partial charge in [-0.1, -0.05) is 20.3 Å². The molecule has 90 valence electrons. The first-order chi connectivity index (χ1) is 6.74. The van der Waals surface area contributed by atoms with Crippen LogP contribution >= 0.6 is 0 Å². The zero-order valence-corrected chi connectivity index (χ0v) is 13.1. The number of aliphatic hydroxyl groups is 1. The fourth-order valence-corrected chi connectivity index (χ4v) is 3.25. The molecule has 0 aromatic carbocycles. The van der Waals surface area contributed by atoms with Crippen LogP contribution in [0.15, 0.2) is 0 Å². The molecule has 0 amide bonds. The summed E-state index contributed by atoms with van der Waals surface area (Å²) in [5.41, 5.74) is 0. The molecule has 4 nitrogen and oxygen atoms in total. The Kier molecular flexibility index (Phi) is 6.49. The third-order valence-electron chi connectivity index (χ3n) is 3.06. The van der Waals surface area contributed by atoms with Gasteiger partial charge in [0.05, 0.1) is 0 Å². The molecule has 0 bridgehead atoms. The molecule has 16 heavy (non-hydrogen) atoms. The summed E-state index contributed by atoms with van der Waals surface area (Å²) in [5, 5.41) is 9.79. The molecule has 1 rings (SSSR count). The normalized spacial score (nSPS) is 31.2. The van der Waals surface area contributed by atoms with Crippen LogP contribution in [0.4, 0.5) is 0 Å². The van der Waals surface area contributed by atoms with Gasteiger partial charge in [-0.15, -0.1) is 0 Å². The van der Waals surface area contributed by atoms with Crippen molar-refractivity contribution in [3.63, 3.8) is 0 Å². The summed E-state index contributed by atoms with van der Waals surface area (Å²) in [6, 6.07) is 0. The number of hydrogen-bond acceptors (Lipinski definition) is 4. The van der Waals surface area contributed by atoms with Gasteiger partial charge >= 0.3 is 29.6 Å². The van der Waals surface area contributed by atoms with Gasteiger partial charge in [-0.25, -0.2) is 8.42 Å². The molecule has 0 aromatic rings. The van der Waals surface area contributed by atoms with Gasteiger partial charge in [0.1, 0.15) is 10.1 Å². The van der Waals surface area contributed by atoms with E-state index in [0.29, 0.717) is 12.3 Å². The standard InChI is InChI=1S/C10H20O4S.Na/c1-8(2)6-9-4-3-5-10(11,7-9)15(12,13)14;/h8-9,11H,3-7H2,1-2H3,(H,12,13,14);/q;+1/p-1. The summed E-state index contributed by atoms with van der Waals surface area (Å²) in [6.45, 7) is 4.11. The van der Waals surface area contributed by atoms with Crippen molar-refractivity contribution >= 4 is 10.1 Å². The zero-order chi connectivity index (χ0) is 11.7. The summed E-state index contributed by atoms with van der Waals surface area (Å²) >= 11 is 0. The van der Waals surface area contributed by atoms with E-state index < -0.39 is 15.1 Å². The molecule has 0 radical (unpaired) electrons. The first-order valence-corrected chi connectivity index (χ1v) is 6.83. The minimum Gasteiger partial charge on any atom is -0.746 e. The van der Waals surface area contributed by atoms with E-state index >= 15 is 0 Å². The van der Waals surface area contributed by atoms with Crippen molar-refractivity contribution in [3.8, 4) is 0 Å². The van der Waals surface area contributed by atoms with Crippen molar-refractivity contribution in [2.24, 2.45) is 11.8 Å². The smallest absolute Gasteiger partial charge is 0.746 e. The first kappa shape index (κ1) is 16.9. The van der Waals surface area contributed by atoms with Gasteiger partial charge in [0.2, 0.25) is 0 Å². The third kappa shape index (κ3) is 4.27.